The summed E-state index contributed by atoms with van der Waals surface area (Å²) < 4.78 is 5.94. The van der Waals surface area contributed by atoms with Crippen LogP contribution in [0.4, 0.5) is 0 Å². The van der Waals surface area contributed by atoms with Crippen LogP contribution >= 0.6 is 11.6 Å². The molecule has 1 aromatic rings. The first-order valence-corrected chi connectivity index (χ1v) is 9.02. The highest BCUT2D eigenvalue weighted by Gasteiger charge is 2.09. The molecule has 0 unspecified atom stereocenters. The van der Waals surface area contributed by atoms with E-state index in [0.717, 1.165) is 35.9 Å². The van der Waals surface area contributed by atoms with E-state index in [-0.39, 0.29) is 0 Å². The average Bonchev–Trinajstić information content (AvgIpc) is 2.86. The first-order valence-electron chi connectivity index (χ1n) is 8.64. The molecule has 0 atom stereocenters. The second kappa shape index (κ2) is 12.3. The number of nitrogens with zero attached hydrogens (tertiary/aromatic N) is 1. The van der Waals surface area contributed by atoms with E-state index in [1.807, 2.05) is 24.3 Å². The summed E-state index contributed by atoms with van der Waals surface area (Å²) >= 11 is 6.03. The van der Waals surface area contributed by atoms with Gasteiger partial charge in [0.2, 0.25) is 0 Å². The zero-order valence-corrected chi connectivity index (χ0v) is 15.6. The Morgan fingerprint density at radius 1 is 1.15 bits per heavy atom. The van der Waals surface area contributed by atoms with Gasteiger partial charge in [-0.2, -0.15) is 0 Å². The molecule has 0 bridgehead atoms. The molecule has 1 fully saturated rings. The van der Waals surface area contributed by atoms with E-state index in [1.54, 1.807) is 0 Å². The molecule has 26 heavy (non-hydrogen) atoms. The van der Waals surface area contributed by atoms with Crippen molar-refractivity contribution in [3.8, 4) is 5.75 Å². The molecular weight excluding hydrogens is 358 g/mol. The summed E-state index contributed by atoms with van der Waals surface area (Å²) in [7, 11) is 0. The lowest BCUT2D eigenvalue weighted by molar-refractivity contribution is -0.159. The third kappa shape index (κ3) is 8.87. The highest BCUT2D eigenvalue weighted by Crippen LogP contribution is 2.23. The van der Waals surface area contributed by atoms with Gasteiger partial charge in [0.15, 0.2) is 0 Å². The van der Waals surface area contributed by atoms with Crippen LogP contribution in [0.25, 0.3) is 0 Å². The Bertz CT molecular complexity index is 586. The van der Waals surface area contributed by atoms with Crippen molar-refractivity contribution >= 4 is 23.5 Å². The summed E-state index contributed by atoms with van der Waals surface area (Å²) in [5, 5.41) is 15.5. The van der Waals surface area contributed by atoms with E-state index in [1.165, 1.54) is 38.8 Å². The van der Waals surface area contributed by atoms with E-state index >= 15 is 0 Å². The van der Waals surface area contributed by atoms with Crippen molar-refractivity contribution in [1.29, 1.82) is 0 Å². The number of halogens is 1. The summed E-state index contributed by atoms with van der Waals surface area (Å²) in [5.74, 6) is -2.71. The van der Waals surface area contributed by atoms with Crippen LogP contribution in [0.5, 0.6) is 5.75 Å². The second-order valence-corrected chi connectivity index (χ2v) is 6.40. The van der Waals surface area contributed by atoms with Crippen LogP contribution < -0.4 is 4.74 Å². The fourth-order valence-electron chi connectivity index (χ4n) is 2.65. The van der Waals surface area contributed by atoms with Gasteiger partial charge in [0, 0.05) is 11.6 Å². The number of likely N-dealkylation sites (tertiary alicyclic amines) is 1. The molecule has 1 aliphatic heterocycles. The lowest BCUT2D eigenvalue weighted by Gasteiger charge is -2.20. The molecule has 0 spiro atoms. The maximum atomic E-state index is 9.10. The number of carboxylic acids is 2. The molecule has 7 heteroatoms. The summed E-state index contributed by atoms with van der Waals surface area (Å²) in [6.45, 7) is 7.96. The molecule has 0 amide bonds. The quantitative estimate of drug-likeness (QED) is 0.577. The number of ether oxygens (including phenoxy) is 1. The van der Waals surface area contributed by atoms with Gasteiger partial charge in [-0.1, -0.05) is 30.5 Å². The van der Waals surface area contributed by atoms with E-state index in [9.17, 15) is 0 Å². The van der Waals surface area contributed by atoms with Gasteiger partial charge in [-0.15, -0.1) is 6.58 Å². The summed E-state index contributed by atoms with van der Waals surface area (Å²) in [6.07, 6.45) is 8.06. The third-order valence-corrected chi connectivity index (χ3v) is 4.17. The van der Waals surface area contributed by atoms with Gasteiger partial charge in [0.25, 0.3) is 0 Å². The Labute approximate surface area is 159 Å². The molecule has 0 saturated carbocycles. The first kappa shape index (κ1) is 22.0. The van der Waals surface area contributed by atoms with Crippen LogP contribution in [0.1, 0.15) is 31.2 Å². The minimum Gasteiger partial charge on any atom is -0.492 e. The Hall–Kier alpha value is -2.05. The van der Waals surface area contributed by atoms with Crippen LogP contribution in [0.15, 0.2) is 30.9 Å². The van der Waals surface area contributed by atoms with Crippen molar-refractivity contribution in [2.45, 2.75) is 32.1 Å². The SMILES string of the molecule is C=CCc1cc(Cl)ccc1OCCN1CCCCCC1.O=C(O)C(=O)O. The van der Waals surface area contributed by atoms with Crippen molar-refractivity contribution in [2.24, 2.45) is 0 Å². The number of allylic oxidation sites excluding steroid dienone is 1. The van der Waals surface area contributed by atoms with Gasteiger partial charge >= 0.3 is 11.9 Å². The van der Waals surface area contributed by atoms with Crippen LogP contribution in [-0.2, 0) is 16.0 Å². The molecule has 1 aliphatic rings. The molecule has 0 aliphatic carbocycles. The van der Waals surface area contributed by atoms with Crippen LogP contribution in [0.2, 0.25) is 5.02 Å². The number of aliphatic carboxylic acids is 2. The smallest absolute Gasteiger partial charge is 0.414 e. The highest BCUT2D eigenvalue weighted by atomic mass is 35.5. The third-order valence-electron chi connectivity index (χ3n) is 3.93. The molecule has 144 valence electrons. The Morgan fingerprint density at radius 3 is 2.31 bits per heavy atom. The van der Waals surface area contributed by atoms with E-state index in [2.05, 4.69) is 11.5 Å². The molecule has 2 rings (SSSR count). The number of hydrogen-bond acceptors (Lipinski definition) is 4. The van der Waals surface area contributed by atoms with Crippen LogP contribution in [0.3, 0.4) is 0 Å². The molecule has 0 radical (unpaired) electrons. The molecule has 2 N–H and O–H groups in total. The maximum Gasteiger partial charge on any atom is 0.414 e. The topological polar surface area (TPSA) is 87.1 Å². The van der Waals surface area contributed by atoms with Gasteiger partial charge in [0.05, 0.1) is 0 Å². The number of hydrogen-bond donors (Lipinski definition) is 2. The maximum absolute atomic E-state index is 9.10. The van der Waals surface area contributed by atoms with Crippen molar-refractivity contribution in [2.75, 3.05) is 26.2 Å². The number of benzene rings is 1. The van der Waals surface area contributed by atoms with E-state index < -0.39 is 11.9 Å². The Morgan fingerprint density at radius 2 is 1.77 bits per heavy atom. The highest BCUT2D eigenvalue weighted by molar-refractivity contribution is 6.30. The summed E-state index contributed by atoms with van der Waals surface area (Å²) in [5.41, 5.74) is 1.11. The standard InChI is InChI=1S/C17H24ClNO.C2H2O4/c1-2-7-15-14-16(18)8-9-17(15)20-13-12-19-10-5-3-4-6-11-19;3-1(4)2(5)6/h2,8-9,14H,1,3-7,10-13H2;(H,3,4)(H,5,6). The van der Waals surface area contributed by atoms with Gasteiger partial charge in [0.1, 0.15) is 12.4 Å². The van der Waals surface area contributed by atoms with Gasteiger partial charge in [-0.25, -0.2) is 9.59 Å². The summed E-state index contributed by atoms with van der Waals surface area (Å²) in [6, 6.07) is 5.81. The zero-order chi connectivity index (χ0) is 19.4. The second-order valence-electron chi connectivity index (χ2n) is 5.96. The fourth-order valence-corrected chi connectivity index (χ4v) is 2.84. The average molecular weight is 384 g/mol. The van der Waals surface area contributed by atoms with Gasteiger partial charge < -0.3 is 14.9 Å². The zero-order valence-electron chi connectivity index (χ0n) is 14.8. The van der Waals surface area contributed by atoms with Crippen LogP contribution in [0, 0.1) is 0 Å². The predicted octanol–water partition coefficient (Wildman–Crippen LogP) is 3.48. The minimum atomic E-state index is -1.82. The minimum absolute atomic E-state index is 0.742. The fraction of sp³-hybridized carbons (Fsp3) is 0.474. The van der Waals surface area contributed by atoms with Gasteiger partial charge in [-0.05, 0) is 56.1 Å². The lowest BCUT2D eigenvalue weighted by atomic mass is 10.1. The molecular formula is C19H26ClNO5. The van der Waals surface area contributed by atoms with Gasteiger partial charge in [-0.3, -0.25) is 4.90 Å². The molecule has 0 aromatic heterocycles. The Balaban J connectivity index is 0.000000487. The number of carbonyl (C=O) groups is 2. The van der Waals surface area contributed by atoms with E-state index in [4.69, 9.17) is 36.1 Å². The first-order chi connectivity index (χ1) is 12.4. The molecule has 1 saturated heterocycles. The Kier molecular flexibility index (Phi) is 10.4. The molecule has 6 nitrogen and oxygen atoms in total. The largest absolute Gasteiger partial charge is 0.492 e. The predicted molar refractivity (Wildman–Crippen MR) is 101 cm³/mol. The molecule has 1 aromatic carbocycles. The van der Waals surface area contributed by atoms with Crippen molar-refractivity contribution in [3.63, 3.8) is 0 Å². The van der Waals surface area contributed by atoms with Crippen molar-refractivity contribution < 1.29 is 24.5 Å². The number of rotatable bonds is 6. The van der Waals surface area contributed by atoms with Crippen molar-refractivity contribution in [1.82, 2.24) is 4.90 Å². The number of carboxylic acid groups (broad SMARTS) is 2. The van der Waals surface area contributed by atoms with Crippen LogP contribution in [-0.4, -0.2) is 53.3 Å². The van der Waals surface area contributed by atoms with E-state index in [0.29, 0.717) is 0 Å². The monoisotopic (exact) mass is 383 g/mol. The van der Waals surface area contributed by atoms with Crippen molar-refractivity contribution in [3.05, 3.63) is 41.4 Å². The summed E-state index contributed by atoms with van der Waals surface area (Å²) in [4.78, 5) is 20.7. The lowest BCUT2D eigenvalue weighted by Crippen LogP contribution is -2.29. The normalized spacial score (nSPS) is 14.5. The molecule has 1 heterocycles.